The zero-order chi connectivity index (χ0) is 30.0. The van der Waals surface area contributed by atoms with E-state index in [0.717, 1.165) is 29.7 Å². The Hall–Kier alpha value is -3.59. The number of nitrogens with zero attached hydrogens (tertiary/aromatic N) is 5. The highest BCUT2D eigenvalue weighted by Gasteiger charge is 2.46. The molecule has 43 heavy (non-hydrogen) atoms. The van der Waals surface area contributed by atoms with E-state index in [-0.39, 0.29) is 29.0 Å². The van der Waals surface area contributed by atoms with E-state index in [9.17, 15) is 4.79 Å². The summed E-state index contributed by atoms with van der Waals surface area (Å²) in [4.78, 5) is 26.7. The van der Waals surface area contributed by atoms with Crippen LogP contribution in [-0.2, 0) is 10.1 Å². The number of halogens is 1. The Labute approximate surface area is 257 Å². The Balaban J connectivity index is 1.53. The van der Waals surface area contributed by atoms with Crippen molar-refractivity contribution in [2.24, 2.45) is 5.92 Å². The van der Waals surface area contributed by atoms with Gasteiger partial charge in [-0.15, -0.1) is 0 Å². The molecule has 1 aliphatic rings. The Bertz CT molecular complexity index is 1620. The minimum atomic E-state index is -1.24. The van der Waals surface area contributed by atoms with Crippen LogP contribution < -0.4 is 11.3 Å². The number of rotatable bonds is 9. The molecule has 0 aliphatic carbocycles. The van der Waals surface area contributed by atoms with Gasteiger partial charge in [0.15, 0.2) is 11.2 Å². The van der Waals surface area contributed by atoms with Gasteiger partial charge in [0, 0.05) is 19.1 Å². The summed E-state index contributed by atoms with van der Waals surface area (Å²) < 4.78 is 10.1. The average molecular weight is 616 g/mol. The van der Waals surface area contributed by atoms with E-state index in [4.69, 9.17) is 21.5 Å². The molecule has 9 nitrogen and oxygen atoms in total. The lowest BCUT2D eigenvalue weighted by molar-refractivity contribution is 0.0454. The highest BCUT2D eigenvalue weighted by atomic mass is 35.7. The molecular formula is C32H35ClN7O2P. The fourth-order valence-corrected chi connectivity index (χ4v) is 7.08. The molecular weight excluding hydrogens is 581 g/mol. The quantitative estimate of drug-likeness (QED) is 0.164. The Morgan fingerprint density at radius 1 is 0.977 bits per heavy atom. The highest BCUT2D eigenvalue weighted by molar-refractivity contribution is 7.78. The summed E-state index contributed by atoms with van der Waals surface area (Å²) in [6.07, 6.45) is 2.50. The number of nitrogen functional groups attached to an aromatic ring is 1. The maximum atomic E-state index is 12.7. The molecule has 0 radical (unpaired) electrons. The maximum Gasteiger partial charge on any atom is 0.280 e. The molecule has 0 saturated carbocycles. The monoisotopic (exact) mass is 615 g/mol. The number of imidazole rings is 1. The number of nitrogens with one attached hydrogen (secondary N) is 1. The van der Waals surface area contributed by atoms with Crippen molar-refractivity contribution in [3.63, 3.8) is 0 Å². The number of aromatic amines is 1. The number of likely N-dealkylation sites (tertiary alicyclic amines) is 1. The molecule has 1 aliphatic heterocycles. The minimum Gasteiger partial charge on any atom is -0.369 e. The third-order valence-electron chi connectivity index (χ3n) is 8.14. The summed E-state index contributed by atoms with van der Waals surface area (Å²) in [6.45, 7) is 1.90. The van der Waals surface area contributed by atoms with E-state index in [1.807, 2.05) is 23.3 Å². The molecule has 6 rings (SSSR count). The third-order valence-corrected chi connectivity index (χ3v) is 10.3. The number of piperidine rings is 1. The Morgan fingerprint density at radius 3 is 2.07 bits per heavy atom. The Morgan fingerprint density at radius 2 is 1.53 bits per heavy atom. The van der Waals surface area contributed by atoms with E-state index in [0.29, 0.717) is 18.8 Å². The van der Waals surface area contributed by atoms with Crippen molar-refractivity contribution in [1.29, 1.82) is 0 Å². The number of H-pyrrole nitrogens is 1. The summed E-state index contributed by atoms with van der Waals surface area (Å²) in [5.41, 5.74) is 9.26. The number of anilines is 1. The lowest BCUT2D eigenvalue weighted by Crippen LogP contribution is -2.55. The van der Waals surface area contributed by atoms with Gasteiger partial charge in [0.05, 0.1) is 18.5 Å². The van der Waals surface area contributed by atoms with E-state index < -0.39 is 13.2 Å². The van der Waals surface area contributed by atoms with Gasteiger partial charge in [0.1, 0.15) is 0 Å². The van der Waals surface area contributed by atoms with Crippen LogP contribution in [-0.4, -0.2) is 62.9 Å². The normalized spacial score (nSPS) is 18.7. The zero-order valence-electron chi connectivity index (χ0n) is 24.2. The number of nitrogens with two attached hydrogens (primary N) is 1. The molecule has 0 amide bonds. The van der Waals surface area contributed by atoms with E-state index in [2.05, 4.69) is 111 Å². The summed E-state index contributed by atoms with van der Waals surface area (Å²) >= 11 is 6.58. The largest absolute Gasteiger partial charge is 0.369 e. The van der Waals surface area contributed by atoms with Crippen LogP contribution in [0, 0.1) is 5.92 Å². The number of hydrogen-bond acceptors (Lipinski definition) is 7. The first kappa shape index (κ1) is 29.5. The van der Waals surface area contributed by atoms with Crippen LogP contribution >= 0.6 is 18.9 Å². The Kier molecular flexibility index (Phi) is 8.61. The number of benzene rings is 3. The molecule has 0 bridgehead atoms. The first-order valence-corrected chi connectivity index (χ1v) is 16.4. The van der Waals surface area contributed by atoms with Crippen LogP contribution in [0.15, 0.2) is 102 Å². The molecule has 3 aromatic carbocycles. The van der Waals surface area contributed by atoms with Gasteiger partial charge in [-0.3, -0.25) is 19.3 Å². The molecule has 5 aromatic rings. The van der Waals surface area contributed by atoms with E-state index in [1.165, 1.54) is 0 Å². The van der Waals surface area contributed by atoms with Crippen LogP contribution in [0.1, 0.15) is 29.2 Å². The smallest absolute Gasteiger partial charge is 0.280 e. The zero-order valence-corrected chi connectivity index (χ0v) is 25.8. The predicted octanol–water partition coefficient (Wildman–Crippen LogP) is 5.60. The van der Waals surface area contributed by atoms with Crippen LogP contribution in [0.25, 0.3) is 11.2 Å². The van der Waals surface area contributed by atoms with Crippen molar-refractivity contribution in [3.8, 4) is 0 Å². The lowest BCUT2D eigenvalue weighted by atomic mass is 9.73. The molecule has 3 unspecified atom stereocenters. The molecule has 1 saturated heterocycles. The van der Waals surface area contributed by atoms with Gasteiger partial charge in [-0.05, 0) is 54.4 Å². The standard InChI is InChI=1S/C32H35ClN7O2P/c1-38(2)43(33)42-21-23-18-27(40-22-35-28-29(40)36-31(34)37-30(28)41)20-39(19-23)32(24-12-6-3-7-13-24,25-14-8-4-9-15-25)26-16-10-5-11-17-26/h3-17,22-23,27H,18-21H2,1-2H3,(H3,34,36,37,41). The summed E-state index contributed by atoms with van der Waals surface area (Å²) in [5.74, 6) is 0.188. The molecule has 3 N–H and O–H groups in total. The van der Waals surface area contributed by atoms with Crippen molar-refractivity contribution in [2.75, 3.05) is 39.5 Å². The van der Waals surface area contributed by atoms with Gasteiger partial charge < -0.3 is 14.8 Å². The summed E-state index contributed by atoms with van der Waals surface area (Å²) in [7, 11) is 2.60. The van der Waals surface area contributed by atoms with Crippen LogP contribution in [0.2, 0.25) is 0 Å². The maximum absolute atomic E-state index is 12.7. The van der Waals surface area contributed by atoms with Gasteiger partial charge in [-0.25, -0.2) is 4.98 Å². The topological polar surface area (TPSA) is 105 Å². The van der Waals surface area contributed by atoms with Crippen molar-refractivity contribution in [2.45, 2.75) is 18.0 Å². The fourth-order valence-electron chi connectivity index (χ4n) is 6.35. The van der Waals surface area contributed by atoms with Gasteiger partial charge in [0.25, 0.3) is 5.56 Å². The average Bonchev–Trinajstić information content (AvgIpc) is 3.46. The molecule has 1 fully saturated rings. The summed E-state index contributed by atoms with van der Waals surface area (Å²) in [6, 6.07) is 31.9. The summed E-state index contributed by atoms with van der Waals surface area (Å²) in [5, 5.41) is 0. The van der Waals surface area contributed by atoms with Crippen LogP contribution in [0.3, 0.4) is 0 Å². The molecule has 11 heteroatoms. The number of aromatic nitrogens is 4. The molecule has 222 valence electrons. The van der Waals surface area contributed by atoms with Gasteiger partial charge in [0.2, 0.25) is 13.6 Å². The molecule has 3 heterocycles. The predicted molar refractivity (Wildman–Crippen MR) is 173 cm³/mol. The van der Waals surface area contributed by atoms with Crippen molar-refractivity contribution in [3.05, 3.63) is 124 Å². The second-order valence-corrected chi connectivity index (χ2v) is 13.5. The van der Waals surface area contributed by atoms with E-state index in [1.54, 1.807) is 6.33 Å². The highest BCUT2D eigenvalue weighted by Crippen LogP contribution is 2.48. The van der Waals surface area contributed by atoms with Crippen LogP contribution in [0.4, 0.5) is 5.95 Å². The molecule has 0 spiro atoms. The molecule has 3 atom stereocenters. The first-order valence-electron chi connectivity index (χ1n) is 14.3. The van der Waals surface area contributed by atoms with Gasteiger partial charge in [-0.2, -0.15) is 4.98 Å². The number of fused-ring (bicyclic) bond motifs is 1. The van der Waals surface area contributed by atoms with Crippen molar-refractivity contribution in [1.82, 2.24) is 29.1 Å². The van der Waals surface area contributed by atoms with Crippen molar-refractivity contribution < 1.29 is 4.52 Å². The molecule has 2 aromatic heterocycles. The third kappa shape index (κ3) is 5.71. The van der Waals surface area contributed by atoms with Crippen LogP contribution in [0.5, 0.6) is 0 Å². The van der Waals surface area contributed by atoms with Gasteiger partial charge in [-0.1, -0.05) is 91.0 Å². The number of hydrogen-bond donors (Lipinski definition) is 2. The lowest BCUT2D eigenvalue weighted by Gasteiger charge is -2.51. The second kappa shape index (κ2) is 12.6. The van der Waals surface area contributed by atoms with E-state index >= 15 is 0 Å². The SMILES string of the molecule is CN(C)P(Cl)OCC1CC(n2cnc3c(=O)[nH]c(N)nc32)CN(C(c2ccccc2)(c2ccccc2)c2ccccc2)C1. The van der Waals surface area contributed by atoms with Gasteiger partial charge >= 0.3 is 0 Å². The first-order chi connectivity index (χ1) is 20.9. The van der Waals surface area contributed by atoms with Crippen molar-refractivity contribution >= 4 is 36.0 Å². The fraction of sp³-hybridized carbons (Fsp3) is 0.281. The minimum absolute atomic E-state index is 0.0674. The second-order valence-electron chi connectivity index (χ2n) is 11.1.